The van der Waals surface area contributed by atoms with E-state index in [0.717, 1.165) is 37.1 Å². The molecule has 4 rings (SSSR count). The van der Waals surface area contributed by atoms with E-state index in [1.54, 1.807) is 0 Å². The number of piperazine rings is 1. The number of hydrogen-bond acceptors (Lipinski definition) is 5. The topological polar surface area (TPSA) is 44.3 Å². The van der Waals surface area contributed by atoms with Gasteiger partial charge in [0, 0.05) is 37.8 Å². The molecule has 140 valence electrons. The summed E-state index contributed by atoms with van der Waals surface area (Å²) in [5, 5.41) is 3.25. The molecule has 0 spiro atoms. The van der Waals surface area contributed by atoms with Crippen molar-refractivity contribution < 1.29 is 0 Å². The Hall–Kier alpha value is -2.50. The zero-order valence-corrected chi connectivity index (χ0v) is 16.3. The lowest BCUT2D eigenvalue weighted by Crippen LogP contribution is -2.47. The molecule has 2 heterocycles. The molecule has 1 aromatic heterocycles. The first-order valence-electron chi connectivity index (χ1n) is 9.66. The van der Waals surface area contributed by atoms with Crippen molar-refractivity contribution in [3.63, 3.8) is 0 Å². The fourth-order valence-electron chi connectivity index (χ4n) is 3.39. The Morgan fingerprint density at radius 2 is 1.63 bits per heavy atom. The van der Waals surface area contributed by atoms with Gasteiger partial charge in [-0.3, -0.25) is 5.43 Å². The zero-order valence-electron chi connectivity index (χ0n) is 16.3. The highest BCUT2D eigenvalue weighted by Gasteiger charge is 2.14. The average Bonchev–Trinajstić information content (AvgIpc) is 2.69. The van der Waals surface area contributed by atoms with E-state index in [1.807, 2.05) is 6.20 Å². The van der Waals surface area contributed by atoms with Gasteiger partial charge in [-0.2, -0.15) is 0 Å². The number of fused-ring (bicyclic) bond motifs is 1. The minimum Gasteiger partial charge on any atom is -0.304 e. The maximum absolute atomic E-state index is 4.68. The minimum absolute atomic E-state index is 0.551. The maximum Gasteiger partial charge on any atom is 0.238 e. The average molecular weight is 361 g/mol. The predicted octanol–water partition coefficient (Wildman–Crippen LogP) is 3.99. The minimum atomic E-state index is 0.551. The molecular weight excluding hydrogens is 334 g/mol. The normalized spacial score (nSPS) is 16.1. The van der Waals surface area contributed by atoms with Gasteiger partial charge in [-0.1, -0.05) is 44.2 Å². The SMILES string of the molecule is CC(C)c1ccc(-c2ccc3nc(NN4CCN(C)CC4)ncc3c2)cc1. The van der Waals surface area contributed by atoms with Gasteiger partial charge < -0.3 is 4.90 Å². The molecule has 27 heavy (non-hydrogen) atoms. The molecule has 0 unspecified atom stereocenters. The molecule has 0 amide bonds. The van der Waals surface area contributed by atoms with Crippen LogP contribution in [0.2, 0.25) is 0 Å². The summed E-state index contributed by atoms with van der Waals surface area (Å²) in [4.78, 5) is 11.5. The van der Waals surface area contributed by atoms with Crippen LogP contribution in [0, 0.1) is 0 Å². The Bertz CT molecular complexity index is 912. The van der Waals surface area contributed by atoms with Gasteiger partial charge in [0.05, 0.1) is 5.52 Å². The molecule has 0 aliphatic carbocycles. The molecule has 0 bridgehead atoms. The van der Waals surface area contributed by atoms with Gasteiger partial charge in [-0.25, -0.2) is 15.0 Å². The molecule has 1 aliphatic heterocycles. The molecule has 1 saturated heterocycles. The van der Waals surface area contributed by atoms with Crippen LogP contribution in [-0.4, -0.2) is 53.1 Å². The lowest BCUT2D eigenvalue weighted by atomic mass is 9.98. The van der Waals surface area contributed by atoms with Crippen LogP contribution in [0.5, 0.6) is 0 Å². The van der Waals surface area contributed by atoms with E-state index < -0.39 is 0 Å². The third-order valence-corrected chi connectivity index (χ3v) is 5.25. The van der Waals surface area contributed by atoms with Crippen LogP contribution in [0.15, 0.2) is 48.7 Å². The molecule has 3 aromatic rings. The Morgan fingerprint density at radius 3 is 2.33 bits per heavy atom. The molecule has 0 radical (unpaired) electrons. The number of nitrogens with one attached hydrogen (secondary N) is 1. The lowest BCUT2D eigenvalue weighted by Gasteiger charge is -2.32. The molecule has 1 N–H and O–H groups in total. The standard InChI is InChI=1S/C22H27N5/c1-16(2)17-4-6-18(7-5-17)19-8-9-21-20(14-19)15-23-22(24-21)25-27-12-10-26(3)11-13-27/h4-9,14-16H,10-13H2,1-3H3,(H,23,24,25). The third kappa shape index (κ3) is 4.10. The molecule has 1 aliphatic rings. The molecular formula is C22H27N5. The summed E-state index contributed by atoms with van der Waals surface area (Å²) in [6.07, 6.45) is 1.91. The summed E-state index contributed by atoms with van der Waals surface area (Å²) in [6, 6.07) is 15.2. The summed E-state index contributed by atoms with van der Waals surface area (Å²) in [5.41, 5.74) is 8.09. The molecule has 5 nitrogen and oxygen atoms in total. The molecule has 5 heteroatoms. The van der Waals surface area contributed by atoms with Crippen LogP contribution >= 0.6 is 0 Å². The van der Waals surface area contributed by atoms with Crippen molar-refractivity contribution in [3.05, 3.63) is 54.2 Å². The van der Waals surface area contributed by atoms with Crippen LogP contribution in [0.3, 0.4) is 0 Å². The number of anilines is 1. The second-order valence-electron chi connectivity index (χ2n) is 7.65. The number of benzene rings is 2. The van der Waals surface area contributed by atoms with Crippen molar-refractivity contribution >= 4 is 16.9 Å². The van der Waals surface area contributed by atoms with Crippen molar-refractivity contribution in [1.82, 2.24) is 19.9 Å². The van der Waals surface area contributed by atoms with Gasteiger partial charge >= 0.3 is 0 Å². The lowest BCUT2D eigenvalue weighted by molar-refractivity contribution is 0.178. The molecule has 2 aromatic carbocycles. The summed E-state index contributed by atoms with van der Waals surface area (Å²) in [7, 11) is 2.15. The number of hydrogen-bond donors (Lipinski definition) is 1. The number of likely N-dealkylation sites (N-methyl/N-ethyl adjacent to an activating group) is 1. The molecule has 1 fully saturated rings. The fourth-order valence-corrected chi connectivity index (χ4v) is 3.39. The highest BCUT2D eigenvalue weighted by molar-refractivity contribution is 5.84. The molecule has 0 atom stereocenters. The van der Waals surface area contributed by atoms with E-state index in [1.165, 1.54) is 16.7 Å². The quantitative estimate of drug-likeness (QED) is 0.761. The summed E-state index contributed by atoms with van der Waals surface area (Å²) in [6.45, 7) is 8.50. The highest BCUT2D eigenvalue weighted by atomic mass is 15.5. The first kappa shape index (κ1) is 17.9. The van der Waals surface area contributed by atoms with E-state index in [4.69, 9.17) is 0 Å². The maximum atomic E-state index is 4.68. The fraction of sp³-hybridized carbons (Fsp3) is 0.364. The largest absolute Gasteiger partial charge is 0.304 e. The first-order valence-corrected chi connectivity index (χ1v) is 9.66. The Kier molecular flexibility index (Phi) is 5.05. The number of aromatic nitrogens is 2. The summed E-state index contributed by atoms with van der Waals surface area (Å²) in [5.74, 6) is 1.22. The van der Waals surface area contributed by atoms with E-state index in [2.05, 4.69) is 88.7 Å². The highest BCUT2D eigenvalue weighted by Crippen LogP contribution is 2.26. The van der Waals surface area contributed by atoms with Crippen LogP contribution in [0.4, 0.5) is 5.95 Å². The summed E-state index contributed by atoms with van der Waals surface area (Å²) < 4.78 is 0. The monoisotopic (exact) mass is 361 g/mol. The summed E-state index contributed by atoms with van der Waals surface area (Å²) >= 11 is 0. The zero-order chi connectivity index (χ0) is 18.8. The Balaban J connectivity index is 1.53. The van der Waals surface area contributed by atoms with Crippen LogP contribution in [-0.2, 0) is 0 Å². The van der Waals surface area contributed by atoms with Gasteiger partial charge in [-0.05, 0) is 41.8 Å². The smallest absolute Gasteiger partial charge is 0.238 e. The van der Waals surface area contributed by atoms with E-state index in [9.17, 15) is 0 Å². The van der Waals surface area contributed by atoms with Crippen molar-refractivity contribution in [2.24, 2.45) is 0 Å². The van der Waals surface area contributed by atoms with Gasteiger partial charge in [0.2, 0.25) is 5.95 Å². The van der Waals surface area contributed by atoms with Crippen LogP contribution in [0.25, 0.3) is 22.0 Å². The van der Waals surface area contributed by atoms with E-state index >= 15 is 0 Å². The van der Waals surface area contributed by atoms with Gasteiger partial charge in [0.25, 0.3) is 0 Å². The number of hydrazine groups is 1. The van der Waals surface area contributed by atoms with Crippen LogP contribution in [0.1, 0.15) is 25.3 Å². The number of rotatable bonds is 4. The number of nitrogens with zero attached hydrogens (tertiary/aromatic N) is 4. The second-order valence-corrected chi connectivity index (χ2v) is 7.65. The third-order valence-electron chi connectivity index (χ3n) is 5.25. The first-order chi connectivity index (χ1) is 13.1. The Labute approximate surface area is 161 Å². The van der Waals surface area contributed by atoms with Crippen molar-refractivity contribution in [3.8, 4) is 11.1 Å². The van der Waals surface area contributed by atoms with Gasteiger partial charge in [0.15, 0.2) is 0 Å². The Morgan fingerprint density at radius 1 is 0.926 bits per heavy atom. The van der Waals surface area contributed by atoms with Gasteiger partial charge in [-0.15, -0.1) is 0 Å². The second kappa shape index (κ2) is 7.62. The van der Waals surface area contributed by atoms with Gasteiger partial charge in [0.1, 0.15) is 0 Å². The predicted molar refractivity (Wildman–Crippen MR) is 112 cm³/mol. The molecule has 0 saturated carbocycles. The van der Waals surface area contributed by atoms with Crippen LogP contribution < -0.4 is 5.43 Å². The van der Waals surface area contributed by atoms with Crippen molar-refractivity contribution in [2.45, 2.75) is 19.8 Å². The van der Waals surface area contributed by atoms with Crippen molar-refractivity contribution in [1.29, 1.82) is 0 Å². The van der Waals surface area contributed by atoms with E-state index in [0.29, 0.717) is 11.9 Å². The van der Waals surface area contributed by atoms with Crippen molar-refractivity contribution in [2.75, 3.05) is 38.7 Å². The van der Waals surface area contributed by atoms with E-state index in [-0.39, 0.29) is 0 Å².